The predicted octanol–water partition coefficient (Wildman–Crippen LogP) is 3.64. The summed E-state index contributed by atoms with van der Waals surface area (Å²) >= 11 is 0. The number of carboxylic acid groups (broad SMARTS) is 1. The number of fused-ring (bicyclic) bond motifs is 2. The van der Waals surface area contributed by atoms with Crippen LogP contribution in [-0.4, -0.2) is 22.6 Å². The Balaban J connectivity index is 1.80. The lowest BCUT2D eigenvalue weighted by Crippen LogP contribution is -2.65. The van der Waals surface area contributed by atoms with Gasteiger partial charge < -0.3 is 9.84 Å². The van der Waals surface area contributed by atoms with Crippen molar-refractivity contribution >= 4 is 11.9 Å². The Labute approximate surface area is 138 Å². The molecule has 4 heteroatoms. The Morgan fingerprint density at radius 2 is 1.78 bits per heavy atom. The minimum atomic E-state index is -0.811. The number of carbonyl (C=O) groups excluding carboxylic acids is 1. The summed E-state index contributed by atoms with van der Waals surface area (Å²) in [4.78, 5) is 24.1. The summed E-state index contributed by atoms with van der Waals surface area (Å²) in [5.41, 5.74) is -0.0208. The number of carbonyl (C=O) groups is 2. The molecule has 1 spiro atoms. The molecule has 1 heterocycles. The molecule has 3 aliphatic carbocycles. The van der Waals surface area contributed by atoms with Crippen molar-refractivity contribution in [2.45, 2.75) is 71.3 Å². The first-order chi connectivity index (χ1) is 10.7. The highest BCUT2D eigenvalue weighted by Gasteiger charge is 2.68. The largest absolute Gasteiger partial charge is 0.481 e. The average Bonchev–Trinajstić information content (AvgIpc) is 2.49. The second kappa shape index (κ2) is 4.52. The van der Waals surface area contributed by atoms with Crippen LogP contribution in [0.15, 0.2) is 0 Å². The van der Waals surface area contributed by atoms with Crippen molar-refractivity contribution in [3.05, 3.63) is 0 Å². The number of esters is 1. The highest BCUT2D eigenvalue weighted by Crippen LogP contribution is 2.68. The van der Waals surface area contributed by atoms with E-state index in [0.717, 1.165) is 25.7 Å². The molecule has 0 aromatic heterocycles. The maximum atomic E-state index is 12.3. The molecule has 1 N–H and O–H groups in total. The molecule has 6 atom stereocenters. The minimum absolute atomic E-state index is 0.00692. The molecule has 3 saturated carbocycles. The third kappa shape index (κ3) is 2.02. The number of carboxylic acids is 1. The molecule has 128 valence electrons. The van der Waals surface area contributed by atoms with Gasteiger partial charge >= 0.3 is 11.9 Å². The molecular weight excluding hydrogens is 292 g/mol. The first kappa shape index (κ1) is 15.5. The van der Waals surface area contributed by atoms with Gasteiger partial charge in [-0.25, -0.2) is 0 Å². The van der Waals surface area contributed by atoms with Crippen LogP contribution >= 0.6 is 0 Å². The number of rotatable bonds is 1. The molecular formula is C19H28O4. The maximum absolute atomic E-state index is 12.3. The van der Waals surface area contributed by atoms with Gasteiger partial charge in [-0.2, -0.15) is 0 Å². The van der Waals surface area contributed by atoms with Gasteiger partial charge in [-0.1, -0.05) is 20.8 Å². The van der Waals surface area contributed by atoms with E-state index < -0.39 is 17.5 Å². The third-order valence-corrected chi connectivity index (χ3v) is 7.80. The molecule has 0 unspecified atom stereocenters. The number of hydrogen-bond donors (Lipinski definition) is 1. The Morgan fingerprint density at radius 3 is 2.39 bits per heavy atom. The fraction of sp³-hybridized carbons (Fsp3) is 0.895. The summed E-state index contributed by atoms with van der Waals surface area (Å²) in [7, 11) is 0. The Morgan fingerprint density at radius 1 is 1.13 bits per heavy atom. The second-order valence-corrected chi connectivity index (χ2v) is 9.65. The summed E-state index contributed by atoms with van der Waals surface area (Å²) in [6.45, 7) is 6.95. The fourth-order valence-corrected chi connectivity index (χ4v) is 6.67. The van der Waals surface area contributed by atoms with Crippen molar-refractivity contribution in [3.8, 4) is 0 Å². The zero-order chi connectivity index (χ0) is 16.6. The minimum Gasteiger partial charge on any atom is -0.481 e. The van der Waals surface area contributed by atoms with Gasteiger partial charge in [0.1, 0.15) is 5.60 Å². The standard InChI is InChI=1S/C19H28O4/c1-17(2)9-14-13(17)5-7-18(3)6-4-12-11(16(21)22)8-15(20)23-19(12,14)10-18/h11-14H,4-10H2,1-3H3,(H,21,22)/t11-,12+,13+,14+,18-,19-/m0/s1. The van der Waals surface area contributed by atoms with Crippen molar-refractivity contribution in [3.63, 3.8) is 0 Å². The van der Waals surface area contributed by atoms with Gasteiger partial charge in [0, 0.05) is 11.8 Å². The van der Waals surface area contributed by atoms with Gasteiger partial charge in [-0.05, 0) is 55.3 Å². The van der Waals surface area contributed by atoms with Crippen molar-refractivity contribution in [2.24, 2.45) is 34.5 Å². The summed E-state index contributed by atoms with van der Waals surface area (Å²) in [5, 5.41) is 9.69. The quantitative estimate of drug-likeness (QED) is 0.749. The molecule has 0 radical (unpaired) electrons. The van der Waals surface area contributed by atoms with E-state index in [-0.39, 0.29) is 23.7 Å². The topological polar surface area (TPSA) is 63.6 Å². The van der Waals surface area contributed by atoms with Crippen molar-refractivity contribution in [1.82, 2.24) is 0 Å². The molecule has 23 heavy (non-hydrogen) atoms. The van der Waals surface area contributed by atoms with Crippen LogP contribution in [0.5, 0.6) is 0 Å². The van der Waals surface area contributed by atoms with E-state index in [0.29, 0.717) is 17.3 Å². The van der Waals surface area contributed by atoms with Gasteiger partial charge in [-0.15, -0.1) is 0 Å². The zero-order valence-corrected chi connectivity index (χ0v) is 14.4. The van der Waals surface area contributed by atoms with E-state index >= 15 is 0 Å². The van der Waals surface area contributed by atoms with Crippen LogP contribution < -0.4 is 0 Å². The van der Waals surface area contributed by atoms with Crippen LogP contribution in [0, 0.1) is 34.5 Å². The van der Waals surface area contributed by atoms with Crippen molar-refractivity contribution < 1.29 is 19.4 Å². The van der Waals surface area contributed by atoms with Gasteiger partial charge in [-0.3, -0.25) is 9.59 Å². The van der Waals surface area contributed by atoms with Crippen molar-refractivity contribution in [2.75, 3.05) is 0 Å². The summed E-state index contributed by atoms with van der Waals surface area (Å²) in [6.07, 6.45) is 6.32. The Hall–Kier alpha value is -1.06. The number of hydrogen-bond acceptors (Lipinski definition) is 3. The maximum Gasteiger partial charge on any atom is 0.307 e. The summed E-state index contributed by atoms with van der Waals surface area (Å²) < 4.78 is 6.10. The average molecular weight is 320 g/mol. The van der Waals surface area contributed by atoms with E-state index in [2.05, 4.69) is 20.8 Å². The van der Waals surface area contributed by atoms with E-state index in [4.69, 9.17) is 4.74 Å². The first-order valence-electron chi connectivity index (χ1n) is 9.12. The predicted molar refractivity (Wildman–Crippen MR) is 84.6 cm³/mol. The molecule has 4 aliphatic rings. The molecule has 0 aromatic carbocycles. The normalized spacial score (nSPS) is 50.7. The Kier molecular flexibility index (Phi) is 3.04. The molecule has 4 nitrogen and oxygen atoms in total. The van der Waals surface area contributed by atoms with Gasteiger partial charge in [0.2, 0.25) is 0 Å². The highest BCUT2D eigenvalue weighted by atomic mass is 16.6. The fourth-order valence-electron chi connectivity index (χ4n) is 6.67. The summed E-state index contributed by atoms with van der Waals surface area (Å²) in [5.74, 6) is -0.728. The van der Waals surface area contributed by atoms with Crippen LogP contribution in [0.1, 0.15) is 65.7 Å². The van der Waals surface area contributed by atoms with Crippen LogP contribution in [0.2, 0.25) is 0 Å². The molecule has 1 saturated heterocycles. The van der Waals surface area contributed by atoms with E-state index in [1.54, 1.807) is 0 Å². The van der Waals surface area contributed by atoms with Crippen LogP contribution in [-0.2, 0) is 14.3 Å². The summed E-state index contributed by atoms with van der Waals surface area (Å²) in [6, 6.07) is 0. The monoisotopic (exact) mass is 320 g/mol. The lowest BCUT2D eigenvalue weighted by atomic mass is 9.46. The number of aliphatic carboxylic acids is 1. The van der Waals surface area contributed by atoms with E-state index in [1.807, 2.05) is 0 Å². The second-order valence-electron chi connectivity index (χ2n) is 9.65. The number of ether oxygens (including phenoxy) is 1. The molecule has 4 rings (SSSR count). The lowest BCUT2D eigenvalue weighted by Gasteiger charge is -2.63. The van der Waals surface area contributed by atoms with Crippen molar-refractivity contribution in [1.29, 1.82) is 0 Å². The smallest absolute Gasteiger partial charge is 0.307 e. The van der Waals surface area contributed by atoms with E-state index in [1.165, 1.54) is 12.8 Å². The van der Waals surface area contributed by atoms with Crippen LogP contribution in [0.3, 0.4) is 0 Å². The SMILES string of the molecule is CC1(C)C[C@@H]2[C@H]1CC[C@]1(C)CC[C@@H]3[C@@H](C(=O)O)CC(=O)O[C@@]32C1. The Bertz CT molecular complexity index is 568. The third-order valence-electron chi connectivity index (χ3n) is 7.80. The molecule has 0 amide bonds. The van der Waals surface area contributed by atoms with E-state index in [9.17, 15) is 14.7 Å². The first-order valence-corrected chi connectivity index (χ1v) is 9.12. The van der Waals surface area contributed by atoms with Crippen LogP contribution in [0.4, 0.5) is 0 Å². The van der Waals surface area contributed by atoms with Gasteiger partial charge in [0.15, 0.2) is 0 Å². The highest BCUT2D eigenvalue weighted by molar-refractivity contribution is 5.81. The van der Waals surface area contributed by atoms with Gasteiger partial charge in [0.25, 0.3) is 0 Å². The molecule has 1 aliphatic heterocycles. The molecule has 4 fully saturated rings. The van der Waals surface area contributed by atoms with Gasteiger partial charge in [0.05, 0.1) is 12.3 Å². The zero-order valence-electron chi connectivity index (χ0n) is 14.4. The van der Waals surface area contributed by atoms with Crippen LogP contribution in [0.25, 0.3) is 0 Å². The molecule has 0 aromatic rings. The lowest BCUT2D eigenvalue weighted by molar-refractivity contribution is -0.242. The molecule has 2 bridgehead atoms.